The number of thiophene rings is 1. The summed E-state index contributed by atoms with van der Waals surface area (Å²) in [6, 6.07) is 23.1. The summed E-state index contributed by atoms with van der Waals surface area (Å²) >= 11 is 1.74. The fourth-order valence-electron chi connectivity index (χ4n) is 4.09. The lowest BCUT2D eigenvalue weighted by molar-refractivity contribution is -0.0189. The highest BCUT2D eigenvalue weighted by Crippen LogP contribution is 2.47. The highest BCUT2D eigenvalue weighted by molar-refractivity contribution is 7.12. The van der Waals surface area contributed by atoms with Gasteiger partial charge >= 0.3 is 0 Å². The number of aromatic nitrogens is 1. The quantitative estimate of drug-likeness (QED) is 0.456. The van der Waals surface area contributed by atoms with E-state index in [1.807, 2.05) is 18.3 Å². The summed E-state index contributed by atoms with van der Waals surface area (Å²) in [7, 11) is 0. The lowest BCUT2D eigenvalue weighted by atomic mass is 9.97. The Kier molecular flexibility index (Phi) is 3.49. The average molecular weight is 383 g/mol. The maximum Gasteiger partial charge on any atom is 0.213 e. The molecule has 2 atom stereocenters. The second-order valence-corrected chi connectivity index (χ2v) is 8.04. The zero-order valence-corrected chi connectivity index (χ0v) is 15.8. The Hall–Kier alpha value is -3.18. The normalized spacial score (nSPS) is 20.4. The molecule has 4 aromatic rings. The Morgan fingerprint density at radius 2 is 1.96 bits per heavy atom. The minimum atomic E-state index is -0.248. The summed E-state index contributed by atoms with van der Waals surface area (Å²) in [6.45, 7) is 0. The smallest absolute Gasteiger partial charge is 0.213 e. The maximum absolute atomic E-state index is 6.45. The first-order valence-corrected chi connectivity index (χ1v) is 10.2. The number of benzene rings is 2. The van der Waals surface area contributed by atoms with E-state index in [1.165, 1.54) is 10.4 Å². The van der Waals surface area contributed by atoms with Gasteiger partial charge in [0.05, 0.1) is 22.1 Å². The van der Waals surface area contributed by atoms with Crippen LogP contribution in [-0.2, 0) is 0 Å². The second-order valence-electron chi connectivity index (χ2n) is 7.09. The molecule has 2 unspecified atom stereocenters. The van der Waals surface area contributed by atoms with Crippen LogP contribution in [0.2, 0.25) is 0 Å². The lowest BCUT2D eigenvalue weighted by Gasteiger charge is -2.38. The molecule has 2 aliphatic heterocycles. The molecular weight excluding hydrogens is 366 g/mol. The van der Waals surface area contributed by atoms with Crippen LogP contribution >= 0.6 is 11.3 Å². The Morgan fingerprint density at radius 3 is 2.89 bits per heavy atom. The van der Waals surface area contributed by atoms with E-state index in [0.717, 1.165) is 34.3 Å². The van der Waals surface area contributed by atoms with Crippen molar-refractivity contribution in [3.8, 4) is 5.75 Å². The molecular formula is C23H17N3OS. The molecule has 0 N–H and O–H groups in total. The highest BCUT2D eigenvalue weighted by atomic mass is 32.1. The average Bonchev–Trinajstić information content (AvgIpc) is 3.43. The summed E-state index contributed by atoms with van der Waals surface area (Å²) < 4.78 is 6.45. The molecule has 2 aliphatic rings. The first-order chi connectivity index (χ1) is 13.9. The van der Waals surface area contributed by atoms with E-state index < -0.39 is 0 Å². The minimum absolute atomic E-state index is 0.191. The first kappa shape index (κ1) is 15.8. The zero-order chi connectivity index (χ0) is 18.5. The summed E-state index contributed by atoms with van der Waals surface area (Å²) in [4.78, 5) is 5.67. The van der Waals surface area contributed by atoms with Gasteiger partial charge in [-0.2, -0.15) is 5.10 Å². The van der Waals surface area contributed by atoms with Crippen LogP contribution in [0.5, 0.6) is 5.75 Å². The minimum Gasteiger partial charge on any atom is -0.464 e. The van der Waals surface area contributed by atoms with Gasteiger partial charge in [0, 0.05) is 29.1 Å². The molecule has 0 aliphatic carbocycles. The molecule has 0 saturated heterocycles. The summed E-state index contributed by atoms with van der Waals surface area (Å²) in [5.41, 5.74) is 4.42. The van der Waals surface area contributed by atoms with Gasteiger partial charge in [-0.3, -0.25) is 4.98 Å². The Labute approximate surface area is 166 Å². The third-order valence-electron chi connectivity index (χ3n) is 5.42. The molecule has 0 fully saturated rings. The SMILES string of the molecule is c1csc(C2=NN3C(C2)c2ccccc2OC3c2ccc3ncccc3c2)c1. The van der Waals surface area contributed by atoms with Gasteiger partial charge in [-0.15, -0.1) is 11.3 Å². The van der Waals surface area contributed by atoms with Crippen molar-refractivity contribution in [2.24, 2.45) is 5.10 Å². The molecule has 28 heavy (non-hydrogen) atoms. The van der Waals surface area contributed by atoms with Crippen molar-refractivity contribution in [3.05, 3.63) is 94.3 Å². The number of hydrogen-bond acceptors (Lipinski definition) is 5. The largest absolute Gasteiger partial charge is 0.464 e. The van der Waals surface area contributed by atoms with Crippen molar-refractivity contribution in [2.75, 3.05) is 0 Å². The fourth-order valence-corrected chi connectivity index (χ4v) is 4.81. The van der Waals surface area contributed by atoms with Crippen LogP contribution < -0.4 is 4.74 Å². The molecule has 2 aromatic carbocycles. The van der Waals surface area contributed by atoms with Crippen LogP contribution in [0.4, 0.5) is 0 Å². The van der Waals surface area contributed by atoms with Crippen LogP contribution in [0.25, 0.3) is 10.9 Å². The molecule has 0 radical (unpaired) electrons. The van der Waals surface area contributed by atoms with E-state index in [9.17, 15) is 0 Å². The number of fused-ring (bicyclic) bond motifs is 4. The van der Waals surface area contributed by atoms with E-state index in [1.54, 1.807) is 11.3 Å². The van der Waals surface area contributed by atoms with Gasteiger partial charge in [0.25, 0.3) is 0 Å². The Bertz CT molecular complexity index is 1200. The van der Waals surface area contributed by atoms with Crippen molar-refractivity contribution in [1.29, 1.82) is 0 Å². The molecule has 2 aromatic heterocycles. The number of para-hydroxylation sites is 1. The lowest BCUT2D eigenvalue weighted by Crippen LogP contribution is -2.33. The molecule has 4 heterocycles. The van der Waals surface area contributed by atoms with Gasteiger partial charge in [-0.25, -0.2) is 5.01 Å². The number of hydrazone groups is 1. The van der Waals surface area contributed by atoms with Crippen LogP contribution in [0.1, 0.15) is 34.7 Å². The van der Waals surface area contributed by atoms with Crippen molar-refractivity contribution in [3.63, 3.8) is 0 Å². The van der Waals surface area contributed by atoms with Crippen LogP contribution in [0.3, 0.4) is 0 Å². The maximum atomic E-state index is 6.45. The molecule has 0 spiro atoms. The van der Waals surface area contributed by atoms with E-state index in [4.69, 9.17) is 9.84 Å². The number of ether oxygens (including phenoxy) is 1. The molecule has 4 nitrogen and oxygen atoms in total. The molecule has 0 amide bonds. The van der Waals surface area contributed by atoms with Gasteiger partial charge in [-0.1, -0.05) is 36.4 Å². The second kappa shape index (κ2) is 6.17. The Morgan fingerprint density at radius 1 is 1.00 bits per heavy atom. The van der Waals surface area contributed by atoms with Gasteiger partial charge in [0.15, 0.2) is 0 Å². The Balaban J connectivity index is 1.48. The van der Waals surface area contributed by atoms with E-state index in [-0.39, 0.29) is 12.3 Å². The zero-order valence-electron chi connectivity index (χ0n) is 15.0. The van der Waals surface area contributed by atoms with E-state index >= 15 is 0 Å². The van der Waals surface area contributed by atoms with Gasteiger partial charge in [0.2, 0.25) is 6.23 Å². The predicted molar refractivity (Wildman–Crippen MR) is 112 cm³/mol. The van der Waals surface area contributed by atoms with Crippen molar-refractivity contribution in [2.45, 2.75) is 18.7 Å². The number of rotatable bonds is 2. The predicted octanol–water partition coefficient (Wildman–Crippen LogP) is 5.54. The highest BCUT2D eigenvalue weighted by Gasteiger charge is 2.41. The summed E-state index contributed by atoms with van der Waals surface area (Å²) in [5.74, 6) is 0.947. The molecule has 5 heteroatoms. The van der Waals surface area contributed by atoms with E-state index in [2.05, 4.69) is 70.0 Å². The monoisotopic (exact) mass is 383 g/mol. The topological polar surface area (TPSA) is 37.7 Å². The number of hydrogen-bond donors (Lipinski definition) is 0. The third kappa shape index (κ3) is 2.43. The molecule has 0 bridgehead atoms. The van der Waals surface area contributed by atoms with Gasteiger partial charge in [0.1, 0.15) is 5.75 Å². The molecule has 6 rings (SSSR count). The van der Waals surface area contributed by atoms with Crippen LogP contribution in [0, 0.1) is 0 Å². The van der Waals surface area contributed by atoms with Crippen molar-refractivity contribution >= 4 is 28.0 Å². The fraction of sp³-hybridized carbons (Fsp3) is 0.130. The van der Waals surface area contributed by atoms with Crippen molar-refractivity contribution < 1.29 is 4.74 Å². The standard InChI is InChI=1S/C23H17N3OS/c1-2-7-21-17(6-1)20-14-19(22-8-4-12-28-22)25-26(20)23(27-21)16-9-10-18-15(13-16)5-3-11-24-18/h1-13,20,23H,14H2. The van der Waals surface area contributed by atoms with Crippen LogP contribution in [-0.4, -0.2) is 15.7 Å². The van der Waals surface area contributed by atoms with Gasteiger partial charge in [-0.05, 0) is 35.7 Å². The van der Waals surface area contributed by atoms with E-state index in [0.29, 0.717) is 0 Å². The van der Waals surface area contributed by atoms with Gasteiger partial charge < -0.3 is 4.74 Å². The summed E-state index contributed by atoms with van der Waals surface area (Å²) in [6.07, 6.45) is 2.47. The molecule has 0 saturated carbocycles. The van der Waals surface area contributed by atoms with Crippen molar-refractivity contribution in [1.82, 2.24) is 9.99 Å². The number of pyridine rings is 1. The van der Waals surface area contributed by atoms with Crippen LogP contribution in [0.15, 0.2) is 83.4 Å². The molecule has 136 valence electrons. The summed E-state index contributed by atoms with van der Waals surface area (Å²) in [5, 5.41) is 10.4. The number of nitrogens with zero attached hydrogens (tertiary/aromatic N) is 3. The first-order valence-electron chi connectivity index (χ1n) is 9.37. The third-order valence-corrected chi connectivity index (χ3v) is 6.34.